The minimum atomic E-state index is -3.39. The molecule has 0 aliphatic heterocycles. The third kappa shape index (κ3) is 4.80. The molecule has 1 N–H and O–H groups in total. The number of hydrogen-bond donors (Lipinski definition) is 1. The molecule has 5 nitrogen and oxygen atoms in total. The van der Waals surface area contributed by atoms with Crippen LogP contribution in [-0.2, 0) is 10.0 Å². The molecule has 122 valence electrons. The van der Waals surface area contributed by atoms with Crippen LogP contribution in [0.5, 0.6) is 0 Å². The molecule has 0 fully saturated rings. The Morgan fingerprint density at radius 3 is 2.52 bits per heavy atom. The molecule has 0 spiro atoms. The van der Waals surface area contributed by atoms with Crippen LogP contribution < -0.4 is 4.72 Å². The van der Waals surface area contributed by atoms with Gasteiger partial charge in [0.15, 0.2) is 5.78 Å². The van der Waals surface area contributed by atoms with E-state index in [0.29, 0.717) is 22.7 Å². The van der Waals surface area contributed by atoms with Gasteiger partial charge in [-0.25, -0.2) is 13.4 Å². The van der Waals surface area contributed by atoms with Crippen LogP contribution in [0.3, 0.4) is 0 Å². The molecule has 0 atom stereocenters. The molecule has 0 radical (unpaired) electrons. The second kappa shape index (κ2) is 7.61. The van der Waals surface area contributed by atoms with Crippen LogP contribution in [0.15, 0.2) is 52.4 Å². The molecule has 0 aliphatic rings. The van der Waals surface area contributed by atoms with E-state index in [9.17, 15) is 13.2 Å². The van der Waals surface area contributed by atoms with E-state index in [-0.39, 0.29) is 11.5 Å². The smallest absolute Gasteiger partial charge is 0.232 e. The highest BCUT2D eigenvalue weighted by Gasteiger charge is 2.15. The van der Waals surface area contributed by atoms with Gasteiger partial charge in [0.2, 0.25) is 10.0 Å². The normalized spacial score (nSPS) is 11.2. The number of Topliss-reactive ketones (excluding diaryl/α,β-unsaturated/α-hetero) is 1. The lowest BCUT2D eigenvalue weighted by atomic mass is 10.2. The van der Waals surface area contributed by atoms with Gasteiger partial charge in [-0.3, -0.25) is 9.52 Å². The SMILES string of the molecule is CCC(=O)c1ncc(NS(=O)(=O)CC)cc1Sc1ccccc1. The maximum absolute atomic E-state index is 12.1. The molecular formula is C16H18N2O3S2. The number of carbonyl (C=O) groups is 1. The lowest BCUT2D eigenvalue weighted by Crippen LogP contribution is -2.15. The average molecular weight is 350 g/mol. The summed E-state index contributed by atoms with van der Waals surface area (Å²) in [6, 6.07) is 11.2. The van der Waals surface area contributed by atoms with Crippen LogP contribution in [-0.4, -0.2) is 24.9 Å². The molecule has 0 aliphatic carbocycles. The molecule has 1 heterocycles. The lowest BCUT2D eigenvalue weighted by Gasteiger charge is -2.11. The molecule has 7 heteroatoms. The van der Waals surface area contributed by atoms with E-state index < -0.39 is 10.0 Å². The Kier molecular flexibility index (Phi) is 5.79. The van der Waals surface area contributed by atoms with Gasteiger partial charge in [-0.05, 0) is 25.1 Å². The van der Waals surface area contributed by atoms with Crippen LogP contribution in [0.1, 0.15) is 30.8 Å². The minimum Gasteiger partial charge on any atom is -0.292 e. The summed E-state index contributed by atoms with van der Waals surface area (Å²) in [6.45, 7) is 3.33. The van der Waals surface area contributed by atoms with Gasteiger partial charge in [0.05, 0.1) is 17.6 Å². The number of aromatic nitrogens is 1. The highest BCUT2D eigenvalue weighted by Crippen LogP contribution is 2.32. The summed E-state index contributed by atoms with van der Waals surface area (Å²) in [6.07, 6.45) is 1.72. The Morgan fingerprint density at radius 2 is 1.91 bits per heavy atom. The summed E-state index contributed by atoms with van der Waals surface area (Å²) in [5, 5.41) is 0. The fourth-order valence-electron chi connectivity index (χ4n) is 1.82. The maximum atomic E-state index is 12.1. The molecule has 0 saturated heterocycles. The third-order valence-electron chi connectivity index (χ3n) is 3.06. The van der Waals surface area contributed by atoms with Gasteiger partial charge in [0.25, 0.3) is 0 Å². The van der Waals surface area contributed by atoms with Crippen molar-refractivity contribution >= 4 is 33.3 Å². The summed E-state index contributed by atoms with van der Waals surface area (Å²) < 4.78 is 25.9. The first-order valence-corrected chi connectivity index (χ1v) is 9.68. The van der Waals surface area contributed by atoms with Crippen molar-refractivity contribution in [3.63, 3.8) is 0 Å². The van der Waals surface area contributed by atoms with Crippen molar-refractivity contribution in [2.24, 2.45) is 0 Å². The van der Waals surface area contributed by atoms with Gasteiger partial charge in [-0.1, -0.05) is 36.9 Å². The third-order valence-corrected chi connectivity index (χ3v) is 5.41. The monoisotopic (exact) mass is 350 g/mol. The lowest BCUT2D eigenvalue weighted by molar-refractivity contribution is 0.0980. The van der Waals surface area contributed by atoms with Crippen LogP contribution >= 0.6 is 11.8 Å². The van der Waals surface area contributed by atoms with Crippen molar-refractivity contribution in [2.75, 3.05) is 10.5 Å². The van der Waals surface area contributed by atoms with E-state index in [2.05, 4.69) is 9.71 Å². The number of carbonyl (C=O) groups excluding carboxylic acids is 1. The Labute approximate surface area is 140 Å². The van der Waals surface area contributed by atoms with Crippen molar-refractivity contribution in [1.82, 2.24) is 4.98 Å². The average Bonchev–Trinajstić information content (AvgIpc) is 2.55. The Bertz CT molecular complexity index is 790. The summed E-state index contributed by atoms with van der Waals surface area (Å²) >= 11 is 1.39. The zero-order chi connectivity index (χ0) is 16.9. The number of nitrogens with zero attached hydrogens (tertiary/aromatic N) is 1. The summed E-state index contributed by atoms with van der Waals surface area (Å²) in [4.78, 5) is 17.8. The van der Waals surface area contributed by atoms with Crippen LogP contribution in [0.25, 0.3) is 0 Å². The van der Waals surface area contributed by atoms with Crippen molar-refractivity contribution < 1.29 is 13.2 Å². The zero-order valence-electron chi connectivity index (χ0n) is 12.9. The Hall–Kier alpha value is -1.86. The van der Waals surface area contributed by atoms with Crippen LogP contribution in [0, 0.1) is 0 Å². The molecule has 0 amide bonds. The summed E-state index contributed by atoms with van der Waals surface area (Å²) in [5.74, 6) is -0.0996. The number of sulfonamides is 1. The summed E-state index contributed by atoms with van der Waals surface area (Å²) in [5.41, 5.74) is 0.721. The van der Waals surface area contributed by atoms with Crippen LogP contribution in [0.4, 0.5) is 5.69 Å². The molecule has 0 saturated carbocycles. The second-order valence-corrected chi connectivity index (χ2v) is 7.89. The quantitative estimate of drug-likeness (QED) is 0.772. The zero-order valence-corrected chi connectivity index (χ0v) is 14.6. The number of pyridine rings is 1. The molecule has 0 unspecified atom stereocenters. The number of benzene rings is 1. The van der Waals surface area contributed by atoms with Gasteiger partial charge in [0, 0.05) is 16.2 Å². The molecule has 1 aromatic heterocycles. The number of ketones is 1. The first-order valence-electron chi connectivity index (χ1n) is 7.21. The second-order valence-electron chi connectivity index (χ2n) is 4.77. The van der Waals surface area contributed by atoms with E-state index in [1.807, 2.05) is 30.3 Å². The highest BCUT2D eigenvalue weighted by molar-refractivity contribution is 7.99. The van der Waals surface area contributed by atoms with Gasteiger partial charge >= 0.3 is 0 Å². The van der Waals surface area contributed by atoms with E-state index >= 15 is 0 Å². The number of hydrogen-bond acceptors (Lipinski definition) is 5. The predicted molar refractivity (Wildman–Crippen MR) is 92.5 cm³/mol. The summed E-state index contributed by atoms with van der Waals surface area (Å²) in [7, 11) is -3.39. The molecule has 1 aromatic carbocycles. The first-order chi connectivity index (χ1) is 10.9. The Morgan fingerprint density at radius 1 is 1.22 bits per heavy atom. The van der Waals surface area contributed by atoms with Crippen molar-refractivity contribution in [2.45, 2.75) is 30.1 Å². The number of anilines is 1. The van der Waals surface area contributed by atoms with Crippen molar-refractivity contribution in [3.8, 4) is 0 Å². The van der Waals surface area contributed by atoms with Crippen molar-refractivity contribution in [3.05, 3.63) is 48.3 Å². The highest BCUT2D eigenvalue weighted by atomic mass is 32.2. The van der Waals surface area contributed by atoms with Gasteiger partial charge in [-0.15, -0.1) is 0 Å². The molecule has 23 heavy (non-hydrogen) atoms. The van der Waals surface area contributed by atoms with Crippen molar-refractivity contribution in [1.29, 1.82) is 0 Å². The van der Waals surface area contributed by atoms with Crippen LogP contribution in [0.2, 0.25) is 0 Å². The topological polar surface area (TPSA) is 76.1 Å². The van der Waals surface area contributed by atoms with E-state index in [1.165, 1.54) is 18.0 Å². The number of rotatable bonds is 7. The van der Waals surface area contributed by atoms with E-state index in [4.69, 9.17) is 0 Å². The predicted octanol–water partition coefficient (Wildman–Crippen LogP) is 3.59. The molecule has 0 bridgehead atoms. The first kappa shape index (κ1) is 17.5. The molecule has 2 aromatic rings. The maximum Gasteiger partial charge on any atom is 0.232 e. The van der Waals surface area contributed by atoms with Gasteiger partial charge in [0.1, 0.15) is 5.69 Å². The fraction of sp³-hybridized carbons (Fsp3) is 0.250. The number of nitrogens with one attached hydrogen (secondary N) is 1. The Balaban J connectivity index is 2.40. The van der Waals surface area contributed by atoms with E-state index in [1.54, 1.807) is 19.9 Å². The fourth-order valence-corrected chi connectivity index (χ4v) is 3.43. The minimum absolute atomic E-state index is 0.0240. The molecule has 2 rings (SSSR count). The standard InChI is InChI=1S/C16H18N2O3S2/c1-3-14(19)16-15(22-13-8-6-5-7-9-13)10-12(11-17-16)18-23(20,21)4-2/h5-11,18H,3-4H2,1-2H3. The van der Waals surface area contributed by atoms with E-state index in [0.717, 1.165) is 4.90 Å². The largest absolute Gasteiger partial charge is 0.292 e. The van der Waals surface area contributed by atoms with Gasteiger partial charge in [-0.2, -0.15) is 0 Å². The molecular weight excluding hydrogens is 332 g/mol. The van der Waals surface area contributed by atoms with Gasteiger partial charge < -0.3 is 0 Å².